The Hall–Kier alpha value is -2.93. The van der Waals surface area contributed by atoms with E-state index in [1.54, 1.807) is 11.6 Å². The highest BCUT2D eigenvalue weighted by Crippen LogP contribution is 2.30. The summed E-state index contributed by atoms with van der Waals surface area (Å²) in [5, 5.41) is 17.1. The van der Waals surface area contributed by atoms with E-state index in [1.807, 2.05) is 36.4 Å². The van der Waals surface area contributed by atoms with Crippen LogP contribution in [-0.2, 0) is 0 Å². The zero-order valence-electron chi connectivity index (χ0n) is 13.2. The molecule has 0 bridgehead atoms. The summed E-state index contributed by atoms with van der Waals surface area (Å²) in [6.07, 6.45) is 0. The molecule has 0 saturated heterocycles. The fourth-order valence-corrected chi connectivity index (χ4v) is 3.17. The Morgan fingerprint density at radius 3 is 2.62 bits per heavy atom. The van der Waals surface area contributed by atoms with Gasteiger partial charge in [-0.3, -0.25) is 0 Å². The van der Waals surface area contributed by atoms with Crippen molar-refractivity contribution >= 4 is 27.1 Å². The monoisotopic (exact) mass is 337 g/mol. The molecule has 0 fully saturated rings. The van der Waals surface area contributed by atoms with Gasteiger partial charge in [0, 0.05) is 5.56 Å². The maximum absolute atomic E-state index is 5.36. The predicted octanol–water partition coefficient (Wildman–Crippen LogP) is 3.91. The number of fused-ring (bicyclic) bond motifs is 1. The van der Waals surface area contributed by atoms with Crippen LogP contribution in [0.1, 0.15) is 5.56 Å². The molecule has 6 nitrogen and oxygen atoms in total. The first-order valence-electron chi connectivity index (χ1n) is 7.44. The van der Waals surface area contributed by atoms with Crippen LogP contribution in [-0.4, -0.2) is 26.9 Å². The Morgan fingerprint density at radius 1 is 1.04 bits per heavy atom. The van der Waals surface area contributed by atoms with Crippen LogP contribution in [0.2, 0.25) is 0 Å². The third-order valence-corrected chi connectivity index (χ3v) is 4.46. The molecular weight excluding hydrogens is 322 g/mol. The summed E-state index contributed by atoms with van der Waals surface area (Å²) in [5.74, 6) is 1.50. The number of ether oxygens (including phenoxy) is 1. The van der Waals surface area contributed by atoms with Gasteiger partial charge in [0.1, 0.15) is 5.75 Å². The van der Waals surface area contributed by atoms with Crippen LogP contribution < -0.4 is 10.1 Å². The minimum atomic E-state index is 0.731. The largest absolute Gasteiger partial charge is 0.495 e. The Morgan fingerprint density at radius 2 is 1.83 bits per heavy atom. The van der Waals surface area contributed by atoms with Crippen molar-refractivity contribution in [3.8, 4) is 17.1 Å². The average molecular weight is 337 g/mol. The molecule has 0 aliphatic heterocycles. The van der Waals surface area contributed by atoms with E-state index in [2.05, 4.69) is 39.7 Å². The summed E-state index contributed by atoms with van der Waals surface area (Å²) in [5.41, 5.74) is 3.06. The number of hydrogen-bond donors (Lipinski definition) is 1. The molecule has 0 aliphatic carbocycles. The molecule has 0 spiro atoms. The molecule has 1 N–H and O–H groups in total. The fraction of sp³-hybridized carbons (Fsp3) is 0.118. The normalized spacial score (nSPS) is 10.9. The molecule has 2 aromatic carbocycles. The van der Waals surface area contributed by atoms with E-state index in [0.29, 0.717) is 0 Å². The molecule has 0 amide bonds. The number of anilines is 2. The lowest BCUT2D eigenvalue weighted by Gasteiger charge is -2.07. The number of hydrogen-bond acceptors (Lipinski definition) is 6. The van der Waals surface area contributed by atoms with Crippen LogP contribution in [0.25, 0.3) is 16.3 Å². The molecule has 120 valence electrons. The van der Waals surface area contributed by atoms with Gasteiger partial charge in [0.15, 0.2) is 5.82 Å². The van der Waals surface area contributed by atoms with Gasteiger partial charge in [0.05, 0.1) is 12.8 Å². The lowest BCUT2D eigenvalue weighted by atomic mass is 10.1. The predicted molar refractivity (Wildman–Crippen MR) is 95.1 cm³/mol. The highest BCUT2D eigenvalue weighted by molar-refractivity contribution is 7.20. The lowest BCUT2D eigenvalue weighted by molar-refractivity contribution is 0.417. The van der Waals surface area contributed by atoms with Crippen LogP contribution in [0.3, 0.4) is 0 Å². The highest BCUT2D eigenvalue weighted by atomic mass is 32.1. The Balaban J connectivity index is 1.70. The summed E-state index contributed by atoms with van der Waals surface area (Å²) in [6, 6.07) is 15.9. The Kier molecular flexibility index (Phi) is 3.62. The lowest BCUT2D eigenvalue weighted by Crippen LogP contribution is -1.96. The third kappa shape index (κ3) is 2.59. The minimum Gasteiger partial charge on any atom is -0.495 e. The van der Waals surface area contributed by atoms with E-state index in [1.165, 1.54) is 16.9 Å². The summed E-state index contributed by atoms with van der Waals surface area (Å²) in [7, 11) is 1.65. The van der Waals surface area contributed by atoms with E-state index in [9.17, 15) is 0 Å². The number of benzene rings is 2. The van der Waals surface area contributed by atoms with Crippen molar-refractivity contribution in [1.82, 2.24) is 19.8 Å². The van der Waals surface area contributed by atoms with Crippen LogP contribution in [0.15, 0.2) is 48.5 Å². The summed E-state index contributed by atoms with van der Waals surface area (Å²) < 4.78 is 7.11. The number of nitrogens with one attached hydrogen (secondary N) is 1. The smallest absolute Gasteiger partial charge is 0.236 e. The molecule has 4 aromatic rings. The average Bonchev–Trinajstić information content (AvgIpc) is 3.16. The highest BCUT2D eigenvalue weighted by Gasteiger charge is 2.14. The fourth-order valence-electron chi connectivity index (χ4n) is 2.41. The zero-order valence-corrected chi connectivity index (χ0v) is 14.0. The van der Waals surface area contributed by atoms with E-state index in [0.717, 1.165) is 32.9 Å². The van der Waals surface area contributed by atoms with Crippen LogP contribution in [0, 0.1) is 6.92 Å². The van der Waals surface area contributed by atoms with Crippen molar-refractivity contribution in [3.05, 3.63) is 54.1 Å². The van der Waals surface area contributed by atoms with E-state index < -0.39 is 0 Å². The number of methoxy groups -OCH3 is 1. The summed E-state index contributed by atoms with van der Waals surface area (Å²) in [6.45, 7) is 2.06. The molecule has 7 heteroatoms. The number of aryl methyl sites for hydroxylation is 1. The second-order valence-electron chi connectivity index (χ2n) is 5.32. The molecule has 24 heavy (non-hydrogen) atoms. The first-order valence-corrected chi connectivity index (χ1v) is 8.25. The van der Waals surface area contributed by atoms with E-state index in [-0.39, 0.29) is 0 Å². The first kappa shape index (κ1) is 14.6. The molecule has 0 unspecified atom stereocenters. The van der Waals surface area contributed by atoms with Gasteiger partial charge in [0.2, 0.25) is 10.1 Å². The molecule has 0 saturated carbocycles. The van der Waals surface area contributed by atoms with Crippen molar-refractivity contribution in [2.24, 2.45) is 0 Å². The number of rotatable bonds is 4. The van der Waals surface area contributed by atoms with Crippen molar-refractivity contribution in [1.29, 1.82) is 0 Å². The van der Waals surface area contributed by atoms with Gasteiger partial charge in [-0.25, -0.2) is 0 Å². The second kappa shape index (κ2) is 5.93. The second-order valence-corrected chi connectivity index (χ2v) is 6.27. The quantitative estimate of drug-likeness (QED) is 0.611. The van der Waals surface area contributed by atoms with E-state index >= 15 is 0 Å². The van der Waals surface area contributed by atoms with Gasteiger partial charge in [0.25, 0.3) is 0 Å². The Bertz CT molecular complexity index is 990. The van der Waals surface area contributed by atoms with Gasteiger partial charge in [-0.2, -0.15) is 4.52 Å². The first-order chi connectivity index (χ1) is 11.7. The molecule has 2 aromatic heterocycles. The standard InChI is InChI=1S/C17H15N5OS/c1-11-7-9-12(10-8-11)15-19-20-17-22(15)21-16(24-17)18-13-5-3-4-6-14(13)23-2/h3-10H,1-2H3,(H,18,21). The summed E-state index contributed by atoms with van der Waals surface area (Å²) >= 11 is 1.44. The van der Waals surface area contributed by atoms with Gasteiger partial charge < -0.3 is 10.1 Å². The number of nitrogens with zero attached hydrogens (tertiary/aromatic N) is 4. The molecular formula is C17H15N5OS. The molecule has 0 aliphatic rings. The van der Waals surface area contributed by atoms with E-state index in [4.69, 9.17) is 4.74 Å². The molecule has 2 heterocycles. The molecule has 0 atom stereocenters. The van der Waals surface area contributed by atoms with Crippen LogP contribution in [0.4, 0.5) is 10.8 Å². The van der Waals surface area contributed by atoms with Crippen molar-refractivity contribution in [2.45, 2.75) is 6.92 Å². The van der Waals surface area contributed by atoms with Crippen molar-refractivity contribution in [2.75, 3.05) is 12.4 Å². The zero-order chi connectivity index (χ0) is 16.5. The number of aromatic nitrogens is 4. The van der Waals surface area contributed by atoms with Gasteiger partial charge in [-0.1, -0.05) is 53.3 Å². The van der Waals surface area contributed by atoms with Crippen molar-refractivity contribution < 1.29 is 4.74 Å². The molecule has 4 rings (SSSR count). The van der Waals surface area contributed by atoms with Crippen LogP contribution >= 0.6 is 11.3 Å². The maximum Gasteiger partial charge on any atom is 0.236 e. The van der Waals surface area contributed by atoms with Gasteiger partial charge in [-0.05, 0) is 19.1 Å². The third-order valence-electron chi connectivity index (χ3n) is 3.65. The maximum atomic E-state index is 5.36. The van der Waals surface area contributed by atoms with Crippen molar-refractivity contribution in [3.63, 3.8) is 0 Å². The SMILES string of the molecule is COc1ccccc1Nc1nn2c(-c3ccc(C)cc3)nnc2s1. The van der Waals surface area contributed by atoms with Gasteiger partial charge in [-0.15, -0.1) is 15.3 Å². The van der Waals surface area contributed by atoms with Crippen LogP contribution in [0.5, 0.6) is 5.75 Å². The van der Waals surface area contributed by atoms with Gasteiger partial charge >= 0.3 is 0 Å². The Labute approximate surface area is 142 Å². The molecule has 0 radical (unpaired) electrons. The summed E-state index contributed by atoms with van der Waals surface area (Å²) in [4.78, 5) is 0.739. The number of para-hydroxylation sites is 2. The minimum absolute atomic E-state index is 0.731. The topological polar surface area (TPSA) is 64.3 Å².